The maximum Gasteiger partial charge on any atom is 0.236 e. The van der Waals surface area contributed by atoms with Crippen LogP contribution in [0.4, 0.5) is 5.88 Å². The Hall–Kier alpha value is -2.60. The SMILES string of the molecule is Cc1ccc(-c2nc(S(=O)(=O)c3ccc(C)cc3)c(N3CC(C)CC(C)C3)o2)cc1. The van der Waals surface area contributed by atoms with Crippen molar-refractivity contribution in [2.24, 2.45) is 11.8 Å². The Morgan fingerprint density at radius 3 is 2.00 bits per heavy atom. The van der Waals surface area contributed by atoms with E-state index in [2.05, 4.69) is 18.8 Å². The van der Waals surface area contributed by atoms with Crippen molar-refractivity contribution in [1.29, 1.82) is 0 Å². The summed E-state index contributed by atoms with van der Waals surface area (Å²) < 4.78 is 33.2. The van der Waals surface area contributed by atoms with Crippen molar-refractivity contribution < 1.29 is 12.8 Å². The monoisotopic (exact) mass is 424 g/mol. The standard InChI is InChI=1S/C24H28N2O3S/c1-16-5-9-20(10-6-16)22-25-23(30(27,28)21-11-7-17(2)8-12-21)24(29-22)26-14-18(3)13-19(4)15-26/h5-12,18-19H,13-15H2,1-4H3. The number of nitrogens with zero attached hydrogens (tertiary/aromatic N) is 2. The Morgan fingerprint density at radius 1 is 0.900 bits per heavy atom. The van der Waals surface area contributed by atoms with Crippen LogP contribution in [0.25, 0.3) is 11.5 Å². The van der Waals surface area contributed by atoms with Gasteiger partial charge in [0.2, 0.25) is 26.6 Å². The molecule has 6 heteroatoms. The molecule has 2 aromatic carbocycles. The van der Waals surface area contributed by atoms with Gasteiger partial charge in [-0.05, 0) is 56.4 Å². The van der Waals surface area contributed by atoms with E-state index in [0.29, 0.717) is 23.6 Å². The summed E-state index contributed by atoms with van der Waals surface area (Å²) in [5.41, 5.74) is 2.90. The fourth-order valence-electron chi connectivity index (χ4n) is 4.15. The highest BCUT2D eigenvalue weighted by atomic mass is 32.2. The van der Waals surface area contributed by atoms with E-state index < -0.39 is 9.84 Å². The van der Waals surface area contributed by atoms with Gasteiger partial charge in [0.1, 0.15) is 0 Å². The zero-order valence-electron chi connectivity index (χ0n) is 17.9. The normalized spacial score (nSPS) is 19.8. The molecule has 30 heavy (non-hydrogen) atoms. The summed E-state index contributed by atoms with van der Waals surface area (Å²) >= 11 is 0. The van der Waals surface area contributed by atoms with Crippen LogP contribution in [0, 0.1) is 25.7 Å². The number of hydrogen-bond donors (Lipinski definition) is 0. The Morgan fingerprint density at radius 2 is 1.43 bits per heavy atom. The zero-order valence-corrected chi connectivity index (χ0v) is 18.7. The summed E-state index contributed by atoms with van der Waals surface area (Å²) in [6.07, 6.45) is 1.12. The van der Waals surface area contributed by atoms with E-state index in [1.165, 1.54) is 0 Å². The van der Waals surface area contributed by atoms with E-state index in [9.17, 15) is 8.42 Å². The Balaban J connectivity index is 1.85. The molecule has 0 bridgehead atoms. The molecular weight excluding hydrogens is 396 g/mol. The average molecular weight is 425 g/mol. The molecule has 0 radical (unpaired) electrons. The van der Waals surface area contributed by atoms with Crippen LogP contribution in [0.1, 0.15) is 31.4 Å². The number of benzene rings is 2. The fraction of sp³-hybridized carbons (Fsp3) is 0.375. The van der Waals surface area contributed by atoms with E-state index in [1.54, 1.807) is 24.3 Å². The molecule has 0 N–H and O–H groups in total. The molecule has 5 nitrogen and oxygen atoms in total. The third-order valence-electron chi connectivity index (χ3n) is 5.62. The number of anilines is 1. The highest BCUT2D eigenvalue weighted by molar-refractivity contribution is 7.91. The summed E-state index contributed by atoms with van der Waals surface area (Å²) in [5, 5.41) is 0.00299. The van der Waals surface area contributed by atoms with Gasteiger partial charge in [0.15, 0.2) is 0 Å². The number of rotatable bonds is 4. The lowest BCUT2D eigenvalue weighted by atomic mass is 9.92. The predicted octanol–water partition coefficient (Wildman–Crippen LogP) is 5.27. The van der Waals surface area contributed by atoms with E-state index in [0.717, 1.165) is 36.2 Å². The minimum absolute atomic E-state index is 0.00299. The zero-order chi connectivity index (χ0) is 21.5. The average Bonchev–Trinajstić information content (AvgIpc) is 3.14. The molecule has 158 valence electrons. The molecule has 1 aliphatic heterocycles. The fourth-order valence-corrected chi connectivity index (χ4v) is 5.47. The molecule has 4 rings (SSSR count). The van der Waals surface area contributed by atoms with Gasteiger partial charge in [-0.3, -0.25) is 0 Å². The minimum Gasteiger partial charge on any atom is -0.419 e. The molecule has 2 heterocycles. The molecule has 1 fully saturated rings. The van der Waals surface area contributed by atoms with Crippen molar-refractivity contribution in [2.75, 3.05) is 18.0 Å². The summed E-state index contributed by atoms with van der Waals surface area (Å²) in [5.74, 6) is 1.60. The number of aryl methyl sites for hydroxylation is 2. The van der Waals surface area contributed by atoms with Gasteiger partial charge in [-0.2, -0.15) is 4.98 Å². The van der Waals surface area contributed by atoms with Crippen molar-refractivity contribution >= 4 is 15.7 Å². The number of hydrogen-bond acceptors (Lipinski definition) is 5. The first-order valence-corrected chi connectivity index (χ1v) is 11.9. The molecule has 2 unspecified atom stereocenters. The Bertz CT molecular complexity index is 1120. The molecule has 1 saturated heterocycles. The quantitative estimate of drug-likeness (QED) is 0.571. The maximum atomic E-state index is 13.5. The van der Waals surface area contributed by atoms with Gasteiger partial charge < -0.3 is 9.32 Å². The molecular formula is C24H28N2O3S. The van der Waals surface area contributed by atoms with Crippen LogP contribution in [0.5, 0.6) is 0 Å². The molecule has 0 spiro atoms. The van der Waals surface area contributed by atoms with Crippen LogP contribution in [-0.4, -0.2) is 26.5 Å². The largest absolute Gasteiger partial charge is 0.419 e. The molecule has 0 aliphatic carbocycles. The molecule has 2 atom stereocenters. The third kappa shape index (κ3) is 4.01. The summed E-state index contributed by atoms with van der Waals surface area (Å²) in [7, 11) is -3.81. The van der Waals surface area contributed by atoms with Gasteiger partial charge in [0.05, 0.1) is 4.90 Å². The van der Waals surface area contributed by atoms with Crippen LogP contribution in [0.15, 0.2) is 62.9 Å². The molecule has 1 aromatic heterocycles. The third-order valence-corrected chi connectivity index (χ3v) is 7.29. The maximum absolute atomic E-state index is 13.5. The van der Waals surface area contributed by atoms with Crippen LogP contribution < -0.4 is 4.90 Å². The van der Waals surface area contributed by atoms with Gasteiger partial charge in [-0.1, -0.05) is 49.2 Å². The van der Waals surface area contributed by atoms with Crippen LogP contribution >= 0.6 is 0 Å². The summed E-state index contributed by atoms with van der Waals surface area (Å²) in [6, 6.07) is 14.6. The molecule has 0 amide bonds. The smallest absolute Gasteiger partial charge is 0.236 e. The van der Waals surface area contributed by atoms with E-state index in [1.807, 2.05) is 43.0 Å². The van der Waals surface area contributed by atoms with Crippen LogP contribution in [0.2, 0.25) is 0 Å². The van der Waals surface area contributed by atoms with Gasteiger partial charge in [0.25, 0.3) is 0 Å². The van der Waals surface area contributed by atoms with Crippen molar-refractivity contribution in [1.82, 2.24) is 4.98 Å². The Kier molecular flexibility index (Phi) is 5.45. The summed E-state index contributed by atoms with van der Waals surface area (Å²) in [4.78, 5) is 6.79. The van der Waals surface area contributed by atoms with E-state index >= 15 is 0 Å². The lowest BCUT2D eigenvalue weighted by Crippen LogP contribution is -2.39. The van der Waals surface area contributed by atoms with Crippen molar-refractivity contribution in [3.05, 3.63) is 59.7 Å². The number of aromatic nitrogens is 1. The van der Waals surface area contributed by atoms with Crippen molar-refractivity contribution in [2.45, 2.75) is 44.0 Å². The van der Waals surface area contributed by atoms with Crippen molar-refractivity contribution in [3.8, 4) is 11.5 Å². The highest BCUT2D eigenvalue weighted by Gasteiger charge is 2.34. The summed E-state index contributed by atoms with van der Waals surface area (Å²) in [6.45, 7) is 9.83. The van der Waals surface area contributed by atoms with E-state index in [4.69, 9.17) is 4.42 Å². The number of oxazole rings is 1. The molecule has 3 aromatic rings. The van der Waals surface area contributed by atoms with Gasteiger partial charge in [0, 0.05) is 18.7 Å². The second kappa shape index (κ2) is 7.91. The molecule has 1 aliphatic rings. The number of piperidine rings is 1. The molecule has 0 saturated carbocycles. The van der Waals surface area contributed by atoms with Crippen LogP contribution in [-0.2, 0) is 9.84 Å². The predicted molar refractivity (Wildman–Crippen MR) is 118 cm³/mol. The topological polar surface area (TPSA) is 63.4 Å². The Labute approximate surface area is 178 Å². The lowest BCUT2D eigenvalue weighted by Gasteiger charge is -2.34. The number of sulfone groups is 1. The van der Waals surface area contributed by atoms with Gasteiger partial charge in [-0.25, -0.2) is 8.42 Å². The van der Waals surface area contributed by atoms with Crippen molar-refractivity contribution in [3.63, 3.8) is 0 Å². The minimum atomic E-state index is -3.81. The first-order valence-electron chi connectivity index (χ1n) is 10.4. The van der Waals surface area contributed by atoms with E-state index in [-0.39, 0.29) is 9.92 Å². The van der Waals surface area contributed by atoms with Gasteiger partial charge >= 0.3 is 0 Å². The highest BCUT2D eigenvalue weighted by Crippen LogP contribution is 2.37. The second-order valence-corrected chi connectivity index (χ2v) is 10.5. The first-order chi connectivity index (χ1) is 14.2. The van der Waals surface area contributed by atoms with Crippen LogP contribution in [0.3, 0.4) is 0 Å². The second-order valence-electron chi connectivity index (χ2n) is 8.66. The lowest BCUT2D eigenvalue weighted by molar-refractivity contribution is 0.342. The first kappa shape index (κ1) is 20.7. The van der Waals surface area contributed by atoms with Gasteiger partial charge in [-0.15, -0.1) is 0 Å².